The maximum atomic E-state index is 13.0. The number of rotatable bonds is 42. The van der Waals surface area contributed by atoms with Crippen LogP contribution in [0.2, 0.25) is 0 Å². The second kappa shape index (κ2) is 41.4. The van der Waals surface area contributed by atoms with E-state index in [1.54, 1.807) is 6.08 Å². The second-order valence-electron chi connectivity index (χ2n) is 17.6. The monoisotopic (exact) mass is 850 g/mol. The molecule has 7 atom stereocenters. The number of amides is 1. The molecule has 6 N–H and O–H groups in total. The Hall–Kier alpha value is -1.59. The molecule has 0 saturated carbocycles. The van der Waals surface area contributed by atoms with E-state index < -0.39 is 49.5 Å². The van der Waals surface area contributed by atoms with E-state index in [9.17, 15) is 30.3 Å². The van der Waals surface area contributed by atoms with Crippen molar-refractivity contribution in [2.45, 2.75) is 269 Å². The van der Waals surface area contributed by atoms with Crippen LogP contribution < -0.4 is 5.32 Å². The molecule has 1 heterocycles. The quantitative estimate of drug-likeness (QED) is 0.0263. The predicted octanol–water partition coefficient (Wildman–Crippen LogP) is 11.2. The van der Waals surface area contributed by atoms with E-state index in [1.807, 2.05) is 6.08 Å². The van der Waals surface area contributed by atoms with Gasteiger partial charge in [0, 0.05) is 6.42 Å². The molecule has 1 rings (SSSR count). The minimum atomic E-state index is -1.57. The summed E-state index contributed by atoms with van der Waals surface area (Å²) in [5, 5.41) is 54.3. The second-order valence-corrected chi connectivity index (χ2v) is 17.6. The van der Waals surface area contributed by atoms with Crippen molar-refractivity contribution in [3.63, 3.8) is 0 Å². The van der Waals surface area contributed by atoms with Gasteiger partial charge in [-0.1, -0.05) is 198 Å². The molecule has 0 aromatic heterocycles. The SMILES string of the molecule is CCCCCCCCCCC/C=C\CCCCCCCCCC(=O)NC(COC1OC(CO)C(O)C(O)C1O)C(O)/C=C/CC/C=C/CCCCCCCCCCCCC. The van der Waals surface area contributed by atoms with Gasteiger partial charge in [0.15, 0.2) is 6.29 Å². The summed E-state index contributed by atoms with van der Waals surface area (Å²) in [6.07, 6.45) is 44.8. The number of allylic oxidation sites excluding steroid dienone is 5. The summed E-state index contributed by atoms with van der Waals surface area (Å²) in [5.74, 6) is -0.190. The number of aliphatic hydroxyl groups excluding tert-OH is 5. The predicted molar refractivity (Wildman–Crippen MR) is 249 cm³/mol. The molecule has 0 aromatic carbocycles. The largest absolute Gasteiger partial charge is 0.394 e. The zero-order chi connectivity index (χ0) is 43.7. The smallest absolute Gasteiger partial charge is 0.220 e. The number of unbranched alkanes of at least 4 members (excludes halogenated alkanes) is 28. The molecule has 9 heteroatoms. The van der Waals surface area contributed by atoms with Gasteiger partial charge < -0.3 is 40.3 Å². The third kappa shape index (κ3) is 31.3. The minimum absolute atomic E-state index is 0.190. The Kier molecular flexibility index (Phi) is 39.0. The van der Waals surface area contributed by atoms with Gasteiger partial charge in [-0.15, -0.1) is 0 Å². The molecule has 1 aliphatic heterocycles. The zero-order valence-corrected chi connectivity index (χ0v) is 38.7. The van der Waals surface area contributed by atoms with Gasteiger partial charge in [0.1, 0.15) is 24.4 Å². The van der Waals surface area contributed by atoms with E-state index in [-0.39, 0.29) is 12.5 Å². The van der Waals surface area contributed by atoms with Crippen LogP contribution in [0.4, 0.5) is 0 Å². The third-order valence-corrected chi connectivity index (χ3v) is 11.9. The first-order valence-corrected chi connectivity index (χ1v) is 25.2. The van der Waals surface area contributed by atoms with Gasteiger partial charge in [-0.2, -0.15) is 0 Å². The van der Waals surface area contributed by atoms with Gasteiger partial charge in [0.25, 0.3) is 0 Å². The summed E-state index contributed by atoms with van der Waals surface area (Å²) in [6.45, 7) is 3.77. The Bertz CT molecular complexity index is 1030. The lowest BCUT2D eigenvalue weighted by molar-refractivity contribution is -0.302. The van der Waals surface area contributed by atoms with Crippen molar-refractivity contribution in [2.24, 2.45) is 0 Å². The fourth-order valence-electron chi connectivity index (χ4n) is 7.87. The normalized spacial score (nSPS) is 20.8. The molecule has 9 nitrogen and oxygen atoms in total. The van der Waals surface area contributed by atoms with Crippen LogP contribution in [0, 0.1) is 0 Å². The highest BCUT2D eigenvalue weighted by molar-refractivity contribution is 5.76. The molecular formula is C51H95NO8. The summed E-state index contributed by atoms with van der Waals surface area (Å²) in [5.41, 5.74) is 0. The van der Waals surface area contributed by atoms with Crippen LogP contribution in [0.15, 0.2) is 36.5 Å². The summed E-state index contributed by atoms with van der Waals surface area (Å²) < 4.78 is 11.2. The molecular weight excluding hydrogens is 755 g/mol. The van der Waals surface area contributed by atoms with Crippen molar-refractivity contribution < 1.29 is 39.8 Å². The van der Waals surface area contributed by atoms with Crippen molar-refractivity contribution in [2.75, 3.05) is 13.2 Å². The Morgan fingerprint density at radius 2 is 0.950 bits per heavy atom. The lowest BCUT2D eigenvalue weighted by atomic mass is 9.99. The molecule has 0 aromatic rings. The number of aliphatic hydroxyl groups is 5. The molecule has 352 valence electrons. The Balaban J connectivity index is 2.33. The summed E-state index contributed by atoms with van der Waals surface area (Å²) in [7, 11) is 0. The molecule has 0 bridgehead atoms. The Morgan fingerprint density at radius 3 is 1.40 bits per heavy atom. The van der Waals surface area contributed by atoms with Crippen LogP contribution >= 0.6 is 0 Å². The molecule has 0 aliphatic carbocycles. The first kappa shape index (κ1) is 56.4. The van der Waals surface area contributed by atoms with Crippen LogP contribution in [-0.2, 0) is 14.3 Å². The van der Waals surface area contributed by atoms with E-state index in [1.165, 1.54) is 154 Å². The number of nitrogens with one attached hydrogen (secondary N) is 1. The van der Waals surface area contributed by atoms with Crippen LogP contribution in [0.1, 0.15) is 226 Å². The van der Waals surface area contributed by atoms with Gasteiger partial charge >= 0.3 is 0 Å². The Morgan fingerprint density at radius 1 is 0.550 bits per heavy atom. The van der Waals surface area contributed by atoms with Crippen molar-refractivity contribution in [1.82, 2.24) is 5.32 Å². The minimum Gasteiger partial charge on any atom is -0.394 e. The number of carbonyl (C=O) groups excluding carboxylic acids is 1. The number of hydrogen-bond acceptors (Lipinski definition) is 8. The van der Waals surface area contributed by atoms with Gasteiger partial charge in [0.05, 0.1) is 25.4 Å². The fourth-order valence-corrected chi connectivity index (χ4v) is 7.87. The van der Waals surface area contributed by atoms with E-state index in [4.69, 9.17) is 9.47 Å². The summed E-state index contributed by atoms with van der Waals surface area (Å²) >= 11 is 0. The van der Waals surface area contributed by atoms with Gasteiger partial charge in [-0.25, -0.2) is 0 Å². The van der Waals surface area contributed by atoms with Gasteiger partial charge in [-0.3, -0.25) is 4.79 Å². The number of carbonyl (C=O) groups is 1. The number of hydrogen-bond donors (Lipinski definition) is 6. The molecule has 1 fully saturated rings. The van der Waals surface area contributed by atoms with E-state index in [2.05, 4.69) is 43.5 Å². The lowest BCUT2D eigenvalue weighted by Crippen LogP contribution is -2.60. The van der Waals surface area contributed by atoms with Crippen LogP contribution in [0.25, 0.3) is 0 Å². The molecule has 7 unspecified atom stereocenters. The first-order valence-electron chi connectivity index (χ1n) is 25.2. The first-order chi connectivity index (χ1) is 29.3. The molecule has 1 saturated heterocycles. The molecule has 0 radical (unpaired) electrons. The zero-order valence-electron chi connectivity index (χ0n) is 38.7. The van der Waals surface area contributed by atoms with Crippen LogP contribution in [0.5, 0.6) is 0 Å². The maximum absolute atomic E-state index is 13.0. The molecule has 1 amide bonds. The molecule has 0 spiro atoms. The highest BCUT2D eigenvalue weighted by Gasteiger charge is 2.44. The van der Waals surface area contributed by atoms with Crippen molar-refractivity contribution in [1.29, 1.82) is 0 Å². The fraction of sp³-hybridized carbons (Fsp3) is 0.863. The summed E-state index contributed by atoms with van der Waals surface area (Å²) in [6, 6.07) is -0.822. The summed E-state index contributed by atoms with van der Waals surface area (Å²) in [4.78, 5) is 13.0. The number of ether oxygens (including phenoxy) is 2. The maximum Gasteiger partial charge on any atom is 0.220 e. The van der Waals surface area contributed by atoms with E-state index >= 15 is 0 Å². The third-order valence-electron chi connectivity index (χ3n) is 11.9. The topological polar surface area (TPSA) is 149 Å². The van der Waals surface area contributed by atoms with Gasteiger partial charge in [-0.05, 0) is 57.8 Å². The van der Waals surface area contributed by atoms with Crippen molar-refractivity contribution in [3.05, 3.63) is 36.5 Å². The highest BCUT2D eigenvalue weighted by Crippen LogP contribution is 2.23. The molecule has 60 heavy (non-hydrogen) atoms. The average molecular weight is 850 g/mol. The molecule has 1 aliphatic rings. The van der Waals surface area contributed by atoms with Gasteiger partial charge in [0.2, 0.25) is 5.91 Å². The average Bonchev–Trinajstić information content (AvgIpc) is 3.25. The van der Waals surface area contributed by atoms with Crippen molar-refractivity contribution >= 4 is 5.91 Å². The van der Waals surface area contributed by atoms with Crippen LogP contribution in [0.3, 0.4) is 0 Å². The lowest BCUT2D eigenvalue weighted by Gasteiger charge is -2.40. The van der Waals surface area contributed by atoms with Crippen LogP contribution in [-0.4, -0.2) is 87.5 Å². The standard InChI is InChI=1S/C51H95NO8/c1-3-5-7-9-11-13-15-17-19-21-22-23-25-27-29-31-33-35-37-39-41-47(55)52-44(43-59-51-50(58)49(57)48(56)46(42-53)60-51)45(54)40-38-36-34-32-30-28-26-24-20-18-16-14-12-10-8-6-4-2/h22-23,30,32,38,40,44-46,48-51,53-54,56-58H,3-21,24-29,31,33-37,39,41-43H2,1-2H3,(H,52,55)/b23-22-,32-30+,40-38+. The van der Waals surface area contributed by atoms with Crippen molar-refractivity contribution in [3.8, 4) is 0 Å². The van der Waals surface area contributed by atoms with E-state index in [0.29, 0.717) is 6.42 Å². The Labute approximate surface area is 368 Å². The van der Waals surface area contributed by atoms with E-state index in [0.717, 1.165) is 51.4 Å². The highest BCUT2D eigenvalue weighted by atomic mass is 16.7.